The van der Waals surface area contributed by atoms with E-state index in [0.717, 1.165) is 0 Å². The fraction of sp³-hybridized carbons (Fsp3) is 0.182. The monoisotopic (exact) mass is 277 g/mol. The highest BCUT2D eigenvalue weighted by molar-refractivity contribution is 5.48. The minimum atomic E-state index is -2.19. The van der Waals surface area contributed by atoms with E-state index >= 15 is 0 Å². The van der Waals surface area contributed by atoms with Crippen molar-refractivity contribution < 1.29 is 22.0 Å². The lowest BCUT2D eigenvalue weighted by atomic mass is 10.2. The summed E-state index contributed by atoms with van der Waals surface area (Å²) in [5.41, 5.74) is -1.08. The standard InChI is InChI=1S/C11H8F5N3/c1-4(11-17-2-3-18-11)19-10-8(15)6(13)5(12)7(14)9(10)16/h2-4,19H,1H3,(H,17,18). The van der Waals surface area contributed by atoms with Crippen LogP contribution in [0, 0.1) is 29.1 Å². The Labute approximate surface area is 104 Å². The first kappa shape index (κ1) is 13.3. The Hall–Kier alpha value is -2.12. The van der Waals surface area contributed by atoms with Gasteiger partial charge in [0, 0.05) is 12.4 Å². The molecule has 0 fully saturated rings. The molecule has 0 aliphatic rings. The number of benzene rings is 1. The third-order valence-electron chi connectivity index (χ3n) is 2.50. The first-order valence-corrected chi connectivity index (χ1v) is 5.20. The number of anilines is 1. The second-order valence-corrected chi connectivity index (χ2v) is 3.79. The number of H-pyrrole nitrogens is 1. The van der Waals surface area contributed by atoms with Crippen molar-refractivity contribution in [1.82, 2.24) is 9.97 Å². The first-order chi connectivity index (χ1) is 8.93. The molecule has 3 nitrogen and oxygen atoms in total. The molecule has 19 heavy (non-hydrogen) atoms. The van der Waals surface area contributed by atoms with Crippen molar-refractivity contribution in [2.75, 3.05) is 5.32 Å². The summed E-state index contributed by atoms with van der Waals surface area (Å²) >= 11 is 0. The zero-order valence-corrected chi connectivity index (χ0v) is 9.57. The maximum absolute atomic E-state index is 13.4. The van der Waals surface area contributed by atoms with Crippen LogP contribution in [0.4, 0.5) is 27.6 Å². The van der Waals surface area contributed by atoms with E-state index in [2.05, 4.69) is 15.3 Å². The number of nitrogens with zero attached hydrogens (tertiary/aromatic N) is 1. The van der Waals surface area contributed by atoms with Gasteiger partial charge in [-0.2, -0.15) is 0 Å². The van der Waals surface area contributed by atoms with Crippen LogP contribution in [0.15, 0.2) is 12.4 Å². The number of nitrogens with one attached hydrogen (secondary N) is 2. The smallest absolute Gasteiger partial charge is 0.200 e. The molecule has 0 aliphatic heterocycles. The predicted octanol–water partition coefficient (Wildman–Crippen LogP) is 3.28. The van der Waals surface area contributed by atoms with Crippen LogP contribution in [0.1, 0.15) is 18.8 Å². The van der Waals surface area contributed by atoms with Gasteiger partial charge < -0.3 is 10.3 Å². The highest BCUT2D eigenvalue weighted by atomic mass is 19.2. The van der Waals surface area contributed by atoms with Gasteiger partial charge in [-0.25, -0.2) is 26.9 Å². The normalized spacial score (nSPS) is 12.5. The largest absolute Gasteiger partial charge is 0.370 e. The summed E-state index contributed by atoms with van der Waals surface area (Å²) in [4.78, 5) is 6.47. The Bertz CT molecular complexity index is 568. The van der Waals surface area contributed by atoms with E-state index in [1.165, 1.54) is 19.3 Å². The molecule has 0 spiro atoms. The molecule has 1 aromatic heterocycles. The first-order valence-electron chi connectivity index (χ1n) is 5.20. The lowest BCUT2D eigenvalue weighted by molar-refractivity contribution is 0.380. The van der Waals surface area contributed by atoms with Crippen LogP contribution in [0.3, 0.4) is 0 Å². The highest BCUT2D eigenvalue weighted by Crippen LogP contribution is 2.29. The van der Waals surface area contributed by atoms with Crippen LogP contribution in [0.2, 0.25) is 0 Å². The highest BCUT2D eigenvalue weighted by Gasteiger charge is 2.26. The second-order valence-electron chi connectivity index (χ2n) is 3.79. The number of rotatable bonds is 3. The zero-order chi connectivity index (χ0) is 14.2. The van der Waals surface area contributed by atoms with Gasteiger partial charge in [0.05, 0.1) is 6.04 Å². The van der Waals surface area contributed by atoms with Gasteiger partial charge in [-0.3, -0.25) is 0 Å². The Balaban J connectivity index is 2.41. The fourth-order valence-corrected chi connectivity index (χ4v) is 1.53. The Kier molecular flexibility index (Phi) is 3.41. The molecule has 0 bridgehead atoms. The quantitative estimate of drug-likeness (QED) is 0.513. The molecular weight excluding hydrogens is 269 g/mol. The molecule has 0 saturated heterocycles. The van der Waals surface area contributed by atoms with Gasteiger partial charge in [-0.1, -0.05) is 0 Å². The summed E-state index contributed by atoms with van der Waals surface area (Å²) in [7, 11) is 0. The van der Waals surface area contributed by atoms with Gasteiger partial charge in [0.1, 0.15) is 11.5 Å². The van der Waals surface area contributed by atoms with Gasteiger partial charge in [0.2, 0.25) is 5.82 Å². The molecular formula is C11H8F5N3. The minimum absolute atomic E-state index is 0.295. The van der Waals surface area contributed by atoms with Gasteiger partial charge in [-0.05, 0) is 6.92 Å². The van der Waals surface area contributed by atoms with Crippen LogP contribution in [0.25, 0.3) is 0 Å². The van der Waals surface area contributed by atoms with Crippen molar-refractivity contribution in [3.8, 4) is 0 Å². The van der Waals surface area contributed by atoms with Crippen LogP contribution in [0.5, 0.6) is 0 Å². The molecule has 2 rings (SSSR count). The van der Waals surface area contributed by atoms with E-state index in [1.54, 1.807) is 0 Å². The molecule has 1 heterocycles. The van der Waals surface area contributed by atoms with Crippen molar-refractivity contribution in [3.63, 3.8) is 0 Å². The third-order valence-corrected chi connectivity index (χ3v) is 2.50. The predicted molar refractivity (Wildman–Crippen MR) is 56.9 cm³/mol. The summed E-state index contributed by atoms with van der Waals surface area (Å²) < 4.78 is 65.6. The van der Waals surface area contributed by atoms with Gasteiger partial charge in [0.25, 0.3) is 0 Å². The molecule has 0 amide bonds. The average Bonchev–Trinajstić information content (AvgIpc) is 2.93. The summed E-state index contributed by atoms with van der Waals surface area (Å²) in [5, 5.41) is 2.20. The average molecular weight is 277 g/mol. The SMILES string of the molecule is CC(Nc1c(F)c(F)c(F)c(F)c1F)c1ncc[nH]1. The maximum atomic E-state index is 13.4. The van der Waals surface area contributed by atoms with Crippen molar-refractivity contribution >= 4 is 5.69 Å². The van der Waals surface area contributed by atoms with Crippen molar-refractivity contribution in [2.24, 2.45) is 0 Å². The third kappa shape index (κ3) is 2.25. The van der Waals surface area contributed by atoms with E-state index in [4.69, 9.17) is 0 Å². The van der Waals surface area contributed by atoms with E-state index in [1.807, 2.05) is 0 Å². The van der Waals surface area contributed by atoms with E-state index in [0.29, 0.717) is 5.82 Å². The molecule has 1 aromatic carbocycles. The van der Waals surface area contributed by atoms with E-state index in [9.17, 15) is 22.0 Å². The fourth-order valence-electron chi connectivity index (χ4n) is 1.53. The number of aromatic nitrogens is 2. The lowest BCUT2D eigenvalue weighted by Crippen LogP contribution is -2.14. The second kappa shape index (κ2) is 4.87. The summed E-state index contributed by atoms with van der Waals surface area (Å²) in [6, 6.07) is -0.761. The molecule has 0 saturated carbocycles. The van der Waals surface area contributed by atoms with Gasteiger partial charge in [0.15, 0.2) is 23.3 Å². The number of hydrogen-bond acceptors (Lipinski definition) is 2. The summed E-state index contributed by atoms with van der Waals surface area (Å²) in [6.45, 7) is 1.46. The minimum Gasteiger partial charge on any atom is -0.370 e. The number of aromatic amines is 1. The molecule has 102 valence electrons. The molecule has 8 heteroatoms. The van der Waals surface area contributed by atoms with Crippen molar-refractivity contribution in [1.29, 1.82) is 0 Å². The summed E-state index contributed by atoms with van der Waals surface area (Å²) in [6.07, 6.45) is 2.86. The molecule has 0 radical (unpaired) electrons. The van der Waals surface area contributed by atoms with Gasteiger partial charge >= 0.3 is 0 Å². The van der Waals surface area contributed by atoms with Crippen LogP contribution < -0.4 is 5.32 Å². The summed E-state index contributed by atoms with van der Waals surface area (Å²) in [5.74, 6) is -9.69. The van der Waals surface area contributed by atoms with Crippen molar-refractivity contribution in [2.45, 2.75) is 13.0 Å². The van der Waals surface area contributed by atoms with E-state index in [-0.39, 0.29) is 0 Å². The maximum Gasteiger partial charge on any atom is 0.200 e. The molecule has 1 atom stereocenters. The Morgan fingerprint density at radius 2 is 1.53 bits per heavy atom. The molecule has 1 unspecified atom stereocenters. The van der Waals surface area contributed by atoms with E-state index < -0.39 is 40.8 Å². The molecule has 0 aliphatic carbocycles. The number of hydrogen-bond donors (Lipinski definition) is 2. The molecule has 2 aromatic rings. The van der Waals surface area contributed by atoms with Crippen LogP contribution in [-0.4, -0.2) is 9.97 Å². The van der Waals surface area contributed by atoms with Gasteiger partial charge in [-0.15, -0.1) is 0 Å². The molecule has 2 N–H and O–H groups in total. The van der Waals surface area contributed by atoms with Crippen LogP contribution in [-0.2, 0) is 0 Å². The lowest BCUT2D eigenvalue weighted by Gasteiger charge is -2.15. The van der Waals surface area contributed by atoms with Crippen molar-refractivity contribution in [3.05, 3.63) is 47.3 Å². The Morgan fingerprint density at radius 3 is 2.00 bits per heavy atom. The van der Waals surface area contributed by atoms with Crippen LogP contribution >= 0.6 is 0 Å². The zero-order valence-electron chi connectivity index (χ0n) is 9.57. The topological polar surface area (TPSA) is 40.7 Å². The Morgan fingerprint density at radius 1 is 1.00 bits per heavy atom. The number of halogens is 5. The number of imidazole rings is 1.